The third kappa shape index (κ3) is 10.1. The van der Waals surface area contributed by atoms with Gasteiger partial charge in [-0.1, -0.05) is 0 Å². The van der Waals surface area contributed by atoms with Crippen LogP contribution in [0.1, 0.15) is 6.42 Å². The van der Waals surface area contributed by atoms with Gasteiger partial charge in [0.25, 0.3) is 0 Å². The van der Waals surface area contributed by atoms with E-state index in [0.29, 0.717) is 6.61 Å². The molecule has 9 nitrogen and oxygen atoms in total. The predicted molar refractivity (Wildman–Crippen MR) is 69.6 cm³/mol. The average molecular weight is 291 g/mol. The van der Waals surface area contributed by atoms with Crippen LogP contribution in [0.2, 0.25) is 0 Å². The Hall–Kier alpha value is -1.87. The van der Waals surface area contributed by atoms with Crippen molar-refractivity contribution in [2.24, 2.45) is 0 Å². The first kappa shape index (κ1) is 18.1. The molecule has 9 heteroatoms. The molecule has 20 heavy (non-hydrogen) atoms. The molecule has 0 spiro atoms. The molecular formula is C11H21N3O6. The lowest BCUT2D eigenvalue weighted by Crippen LogP contribution is -2.47. The minimum absolute atomic E-state index is 0.207. The Bertz CT molecular complexity index is 334. The van der Waals surface area contributed by atoms with Gasteiger partial charge in [0.1, 0.15) is 6.04 Å². The molecule has 0 radical (unpaired) electrons. The first-order valence-electron chi connectivity index (χ1n) is 6.04. The molecule has 4 N–H and O–H groups in total. The standard InChI is InChI=1S/C11H21N3O6/c1-14(2)4-6-20-5-3-12-11(19)13-8(10(17)18)7-9(15)16/h8H,3-7H2,1-2H3,(H,15,16)(H,17,18)(H2,12,13,19)/t8-/m0/s1. The van der Waals surface area contributed by atoms with Crippen molar-refractivity contribution in [3.8, 4) is 0 Å². The van der Waals surface area contributed by atoms with E-state index in [2.05, 4.69) is 10.6 Å². The lowest BCUT2D eigenvalue weighted by atomic mass is 10.2. The zero-order chi connectivity index (χ0) is 15.5. The van der Waals surface area contributed by atoms with E-state index in [1.54, 1.807) is 0 Å². The Balaban J connectivity index is 3.80. The fraction of sp³-hybridized carbons (Fsp3) is 0.727. The van der Waals surface area contributed by atoms with E-state index in [1.807, 2.05) is 19.0 Å². The number of rotatable bonds is 10. The Morgan fingerprint density at radius 1 is 1.20 bits per heavy atom. The number of aliphatic carboxylic acids is 2. The highest BCUT2D eigenvalue weighted by molar-refractivity contribution is 5.86. The number of hydrogen-bond donors (Lipinski definition) is 4. The molecule has 0 unspecified atom stereocenters. The summed E-state index contributed by atoms with van der Waals surface area (Å²) in [5.74, 6) is -2.70. The van der Waals surface area contributed by atoms with Gasteiger partial charge in [-0.15, -0.1) is 0 Å². The van der Waals surface area contributed by atoms with Crippen molar-refractivity contribution in [3.63, 3.8) is 0 Å². The second-order valence-corrected chi connectivity index (χ2v) is 4.30. The van der Waals surface area contributed by atoms with Gasteiger partial charge in [0.2, 0.25) is 0 Å². The Labute approximate surface area is 116 Å². The molecule has 0 aromatic carbocycles. The molecule has 0 aliphatic rings. The fourth-order valence-electron chi connectivity index (χ4n) is 1.17. The molecule has 0 saturated heterocycles. The number of amides is 2. The van der Waals surface area contributed by atoms with Gasteiger partial charge < -0.3 is 30.5 Å². The first-order valence-corrected chi connectivity index (χ1v) is 6.04. The fourth-order valence-corrected chi connectivity index (χ4v) is 1.17. The predicted octanol–water partition coefficient (Wildman–Crippen LogP) is -1.21. The van der Waals surface area contributed by atoms with Gasteiger partial charge in [-0.05, 0) is 14.1 Å². The maximum Gasteiger partial charge on any atom is 0.326 e. The number of carboxylic acid groups (broad SMARTS) is 2. The van der Waals surface area contributed by atoms with Crippen molar-refractivity contribution >= 4 is 18.0 Å². The zero-order valence-electron chi connectivity index (χ0n) is 11.6. The van der Waals surface area contributed by atoms with Crippen LogP contribution in [-0.4, -0.2) is 79.5 Å². The quantitative estimate of drug-likeness (QED) is 0.372. The van der Waals surface area contributed by atoms with Crippen LogP contribution in [0.3, 0.4) is 0 Å². The summed E-state index contributed by atoms with van der Waals surface area (Å²) in [5, 5.41) is 21.7. The molecule has 0 bridgehead atoms. The topological polar surface area (TPSA) is 128 Å². The lowest BCUT2D eigenvalue weighted by Gasteiger charge is -2.13. The molecule has 0 aliphatic carbocycles. The number of carboxylic acids is 2. The van der Waals surface area contributed by atoms with Crippen LogP contribution in [0, 0.1) is 0 Å². The molecule has 116 valence electrons. The van der Waals surface area contributed by atoms with Crippen LogP contribution in [0.4, 0.5) is 4.79 Å². The number of ether oxygens (including phenoxy) is 1. The summed E-state index contributed by atoms with van der Waals surface area (Å²) >= 11 is 0. The highest BCUT2D eigenvalue weighted by atomic mass is 16.5. The number of nitrogens with one attached hydrogen (secondary N) is 2. The Kier molecular flexibility index (Phi) is 9.05. The SMILES string of the molecule is CN(C)CCOCCNC(=O)N[C@@H](CC(=O)O)C(=O)O. The normalized spacial score (nSPS) is 11.9. The van der Waals surface area contributed by atoms with Crippen molar-refractivity contribution in [2.75, 3.05) is 40.4 Å². The van der Waals surface area contributed by atoms with Gasteiger partial charge in [-0.3, -0.25) is 4.79 Å². The van der Waals surface area contributed by atoms with E-state index >= 15 is 0 Å². The smallest absolute Gasteiger partial charge is 0.326 e. The van der Waals surface area contributed by atoms with E-state index in [4.69, 9.17) is 14.9 Å². The third-order valence-electron chi connectivity index (χ3n) is 2.20. The molecule has 0 heterocycles. The molecule has 2 amide bonds. The highest BCUT2D eigenvalue weighted by Crippen LogP contribution is 1.92. The van der Waals surface area contributed by atoms with E-state index in [1.165, 1.54) is 0 Å². The van der Waals surface area contributed by atoms with Crippen LogP contribution in [-0.2, 0) is 14.3 Å². The molecule has 0 fully saturated rings. The number of carbonyl (C=O) groups excluding carboxylic acids is 1. The van der Waals surface area contributed by atoms with Crippen molar-refractivity contribution in [1.82, 2.24) is 15.5 Å². The number of likely N-dealkylation sites (N-methyl/N-ethyl adjacent to an activating group) is 1. The van der Waals surface area contributed by atoms with Gasteiger partial charge in [-0.2, -0.15) is 0 Å². The summed E-state index contributed by atoms with van der Waals surface area (Å²) in [7, 11) is 3.81. The van der Waals surface area contributed by atoms with Gasteiger partial charge in [0.15, 0.2) is 0 Å². The molecule has 0 saturated carbocycles. The van der Waals surface area contributed by atoms with E-state index in [0.717, 1.165) is 6.54 Å². The molecule has 0 aromatic rings. The van der Waals surface area contributed by atoms with E-state index in [9.17, 15) is 14.4 Å². The van der Waals surface area contributed by atoms with Gasteiger partial charge in [0, 0.05) is 13.1 Å². The van der Waals surface area contributed by atoms with Crippen LogP contribution in [0.5, 0.6) is 0 Å². The monoisotopic (exact) mass is 291 g/mol. The van der Waals surface area contributed by atoms with Gasteiger partial charge >= 0.3 is 18.0 Å². The zero-order valence-corrected chi connectivity index (χ0v) is 11.6. The lowest BCUT2D eigenvalue weighted by molar-refractivity contribution is -0.145. The Morgan fingerprint density at radius 3 is 2.35 bits per heavy atom. The Morgan fingerprint density at radius 2 is 1.85 bits per heavy atom. The summed E-state index contributed by atoms with van der Waals surface area (Å²) in [6, 6.07) is -2.20. The minimum Gasteiger partial charge on any atom is -0.481 e. The number of nitrogens with zero attached hydrogens (tertiary/aromatic N) is 1. The van der Waals surface area contributed by atoms with E-state index < -0.39 is 30.4 Å². The first-order chi connectivity index (χ1) is 9.32. The summed E-state index contributed by atoms with van der Waals surface area (Å²) in [6.45, 7) is 1.77. The minimum atomic E-state index is -1.46. The van der Waals surface area contributed by atoms with Crippen molar-refractivity contribution < 1.29 is 29.3 Å². The van der Waals surface area contributed by atoms with Crippen LogP contribution >= 0.6 is 0 Å². The summed E-state index contributed by atoms with van der Waals surface area (Å²) in [4.78, 5) is 34.4. The largest absolute Gasteiger partial charge is 0.481 e. The van der Waals surface area contributed by atoms with Crippen molar-refractivity contribution in [2.45, 2.75) is 12.5 Å². The molecule has 0 rings (SSSR count). The van der Waals surface area contributed by atoms with Crippen LogP contribution < -0.4 is 10.6 Å². The number of carbonyl (C=O) groups is 3. The summed E-state index contributed by atoms with van der Waals surface area (Å²) in [6.07, 6.45) is -0.678. The highest BCUT2D eigenvalue weighted by Gasteiger charge is 2.22. The van der Waals surface area contributed by atoms with Crippen molar-refractivity contribution in [3.05, 3.63) is 0 Å². The second-order valence-electron chi connectivity index (χ2n) is 4.30. The van der Waals surface area contributed by atoms with Gasteiger partial charge in [0.05, 0.1) is 19.6 Å². The number of urea groups is 1. The van der Waals surface area contributed by atoms with Crippen molar-refractivity contribution in [1.29, 1.82) is 0 Å². The second kappa shape index (κ2) is 9.98. The third-order valence-corrected chi connectivity index (χ3v) is 2.20. The maximum atomic E-state index is 11.3. The molecule has 0 aromatic heterocycles. The van der Waals surface area contributed by atoms with E-state index in [-0.39, 0.29) is 13.2 Å². The summed E-state index contributed by atoms with van der Waals surface area (Å²) < 4.78 is 5.22. The maximum absolute atomic E-state index is 11.3. The summed E-state index contributed by atoms with van der Waals surface area (Å²) in [5.41, 5.74) is 0. The number of hydrogen-bond acceptors (Lipinski definition) is 5. The molecular weight excluding hydrogens is 270 g/mol. The average Bonchev–Trinajstić information content (AvgIpc) is 2.31. The molecule has 1 atom stereocenters. The van der Waals surface area contributed by atoms with Crippen LogP contribution in [0.25, 0.3) is 0 Å². The molecule has 0 aliphatic heterocycles. The van der Waals surface area contributed by atoms with Gasteiger partial charge in [-0.25, -0.2) is 9.59 Å². The van der Waals surface area contributed by atoms with Crippen LogP contribution in [0.15, 0.2) is 0 Å².